The van der Waals surface area contributed by atoms with Gasteiger partial charge in [0.05, 0.1) is 12.2 Å². The standard InChI is InChI=1S/C11H14N4O4S/c1-14-7-9(5-10(14)11(16)17)20(18,19)12-6-8-3-4-15(2)13-8/h3-5,7,12H,6H2,1-2H3,(H,16,17). The number of carboxylic acid groups (broad SMARTS) is 1. The van der Waals surface area contributed by atoms with E-state index in [4.69, 9.17) is 5.11 Å². The van der Waals surface area contributed by atoms with Crippen LogP contribution in [-0.2, 0) is 30.7 Å². The van der Waals surface area contributed by atoms with Gasteiger partial charge in [-0.15, -0.1) is 0 Å². The first-order valence-corrected chi connectivity index (χ1v) is 7.16. The van der Waals surface area contributed by atoms with Gasteiger partial charge in [0.1, 0.15) is 10.6 Å². The van der Waals surface area contributed by atoms with Gasteiger partial charge in [0.2, 0.25) is 10.0 Å². The second-order valence-electron chi connectivity index (χ2n) is 4.28. The van der Waals surface area contributed by atoms with E-state index in [0.717, 1.165) is 6.07 Å². The van der Waals surface area contributed by atoms with Crippen molar-refractivity contribution >= 4 is 16.0 Å². The predicted molar refractivity (Wildman–Crippen MR) is 69.6 cm³/mol. The molecule has 2 aromatic rings. The Morgan fingerprint density at radius 2 is 2.15 bits per heavy atom. The van der Waals surface area contributed by atoms with Gasteiger partial charge in [-0.25, -0.2) is 17.9 Å². The molecule has 2 aromatic heterocycles. The molecule has 0 unspecified atom stereocenters. The van der Waals surface area contributed by atoms with Gasteiger partial charge in [-0.05, 0) is 12.1 Å². The zero-order valence-electron chi connectivity index (χ0n) is 10.9. The van der Waals surface area contributed by atoms with Crippen molar-refractivity contribution in [3.63, 3.8) is 0 Å². The molecule has 2 N–H and O–H groups in total. The van der Waals surface area contributed by atoms with Crippen LogP contribution in [0.25, 0.3) is 0 Å². The minimum absolute atomic E-state index is 0.0421. The molecule has 0 radical (unpaired) electrons. The van der Waals surface area contributed by atoms with Gasteiger partial charge in [-0.3, -0.25) is 4.68 Å². The molecule has 0 saturated carbocycles. The molecule has 0 aliphatic heterocycles. The van der Waals surface area contributed by atoms with Gasteiger partial charge in [0.25, 0.3) is 0 Å². The molecule has 2 rings (SSSR count). The molecule has 9 heteroatoms. The minimum atomic E-state index is -3.77. The Hall–Kier alpha value is -2.13. The number of carbonyl (C=O) groups is 1. The van der Waals surface area contributed by atoms with Crippen LogP contribution in [0.2, 0.25) is 0 Å². The van der Waals surface area contributed by atoms with Gasteiger partial charge in [0, 0.05) is 26.5 Å². The highest BCUT2D eigenvalue weighted by Crippen LogP contribution is 2.13. The van der Waals surface area contributed by atoms with Crippen LogP contribution in [0.3, 0.4) is 0 Å². The summed E-state index contributed by atoms with van der Waals surface area (Å²) in [5, 5.41) is 13.0. The third-order valence-electron chi connectivity index (χ3n) is 2.72. The van der Waals surface area contributed by atoms with Crippen molar-refractivity contribution in [2.75, 3.05) is 0 Å². The number of hydrogen-bond donors (Lipinski definition) is 2. The van der Waals surface area contributed by atoms with Crippen molar-refractivity contribution < 1.29 is 18.3 Å². The second-order valence-corrected chi connectivity index (χ2v) is 6.05. The zero-order valence-corrected chi connectivity index (χ0v) is 11.8. The van der Waals surface area contributed by atoms with E-state index in [1.807, 2.05) is 0 Å². The van der Waals surface area contributed by atoms with Gasteiger partial charge in [-0.2, -0.15) is 5.10 Å². The van der Waals surface area contributed by atoms with E-state index in [-0.39, 0.29) is 17.1 Å². The molecule has 20 heavy (non-hydrogen) atoms. The molecular weight excluding hydrogens is 284 g/mol. The maximum absolute atomic E-state index is 12.0. The monoisotopic (exact) mass is 298 g/mol. The summed E-state index contributed by atoms with van der Waals surface area (Å²) in [4.78, 5) is 10.8. The van der Waals surface area contributed by atoms with Crippen molar-refractivity contribution in [1.29, 1.82) is 0 Å². The number of nitrogens with zero attached hydrogens (tertiary/aromatic N) is 3. The first-order chi connectivity index (χ1) is 9.29. The van der Waals surface area contributed by atoms with Crippen molar-refractivity contribution in [3.05, 3.63) is 35.9 Å². The molecule has 0 aromatic carbocycles. The molecule has 0 aliphatic carbocycles. The number of sulfonamides is 1. The zero-order chi connectivity index (χ0) is 14.9. The van der Waals surface area contributed by atoms with Crippen LogP contribution >= 0.6 is 0 Å². The lowest BCUT2D eigenvalue weighted by Crippen LogP contribution is -2.23. The summed E-state index contributed by atoms with van der Waals surface area (Å²) >= 11 is 0. The molecule has 108 valence electrons. The van der Waals surface area contributed by atoms with Gasteiger partial charge < -0.3 is 9.67 Å². The van der Waals surface area contributed by atoms with Crippen LogP contribution in [0.15, 0.2) is 29.4 Å². The normalized spacial score (nSPS) is 11.7. The Morgan fingerprint density at radius 1 is 1.45 bits per heavy atom. The maximum atomic E-state index is 12.0. The molecule has 0 aliphatic rings. The first kappa shape index (κ1) is 14.3. The highest BCUT2D eigenvalue weighted by atomic mass is 32.2. The van der Waals surface area contributed by atoms with Crippen molar-refractivity contribution in [3.8, 4) is 0 Å². The number of aromatic carboxylic acids is 1. The number of rotatable bonds is 5. The molecule has 0 bridgehead atoms. The van der Waals surface area contributed by atoms with E-state index in [1.54, 1.807) is 24.0 Å². The highest BCUT2D eigenvalue weighted by molar-refractivity contribution is 7.89. The number of aryl methyl sites for hydroxylation is 2. The molecule has 0 amide bonds. The largest absolute Gasteiger partial charge is 0.477 e. The molecular formula is C11H14N4O4S. The fourth-order valence-corrected chi connectivity index (χ4v) is 2.77. The summed E-state index contributed by atoms with van der Waals surface area (Å²) in [5.41, 5.74) is 0.480. The molecule has 2 heterocycles. The quantitative estimate of drug-likeness (QED) is 0.804. The summed E-state index contributed by atoms with van der Waals surface area (Å²) in [6.07, 6.45) is 2.96. The van der Waals surface area contributed by atoms with Gasteiger partial charge in [-0.1, -0.05) is 0 Å². The van der Waals surface area contributed by atoms with Crippen LogP contribution in [-0.4, -0.2) is 33.8 Å². The van der Waals surface area contributed by atoms with E-state index in [1.165, 1.54) is 17.8 Å². The summed E-state index contributed by atoms with van der Waals surface area (Å²) in [5.74, 6) is -1.18. The van der Waals surface area contributed by atoms with Gasteiger partial charge >= 0.3 is 5.97 Å². The smallest absolute Gasteiger partial charge is 0.352 e. The minimum Gasteiger partial charge on any atom is -0.477 e. The van der Waals surface area contributed by atoms with Crippen LogP contribution in [0, 0.1) is 0 Å². The number of aromatic nitrogens is 3. The highest BCUT2D eigenvalue weighted by Gasteiger charge is 2.20. The Kier molecular flexibility index (Phi) is 3.64. The first-order valence-electron chi connectivity index (χ1n) is 5.67. The summed E-state index contributed by atoms with van der Waals surface area (Å²) in [7, 11) is -0.564. The predicted octanol–water partition coefficient (Wildman–Crippen LogP) is -0.0647. The number of nitrogens with one attached hydrogen (secondary N) is 1. The third-order valence-corrected chi connectivity index (χ3v) is 4.09. The van der Waals surface area contributed by atoms with Crippen molar-refractivity contribution in [2.45, 2.75) is 11.4 Å². The Labute approximate surface area is 115 Å². The maximum Gasteiger partial charge on any atom is 0.352 e. The average molecular weight is 298 g/mol. The lowest BCUT2D eigenvalue weighted by atomic mass is 10.4. The average Bonchev–Trinajstić information content (AvgIpc) is 2.93. The SMILES string of the molecule is Cn1ccc(CNS(=O)(=O)c2cc(C(=O)O)n(C)c2)n1. The van der Waals surface area contributed by atoms with E-state index >= 15 is 0 Å². The van der Waals surface area contributed by atoms with E-state index in [2.05, 4.69) is 9.82 Å². The summed E-state index contributed by atoms with van der Waals surface area (Å²) in [6.45, 7) is 0.0421. The molecule has 8 nitrogen and oxygen atoms in total. The van der Waals surface area contributed by atoms with E-state index < -0.39 is 16.0 Å². The summed E-state index contributed by atoms with van der Waals surface area (Å²) in [6, 6.07) is 2.80. The Balaban J connectivity index is 2.18. The van der Waals surface area contributed by atoms with E-state index in [9.17, 15) is 13.2 Å². The number of carboxylic acids is 1. The van der Waals surface area contributed by atoms with Crippen LogP contribution in [0.1, 0.15) is 16.2 Å². The van der Waals surface area contributed by atoms with Crippen molar-refractivity contribution in [1.82, 2.24) is 19.1 Å². The van der Waals surface area contributed by atoms with Gasteiger partial charge in [0.15, 0.2) is 0 Å². The fraction of sp³-hybridized carbons (Fsp3) is 0.273. The molecule has 0 saturated heterocycles. The molecule has 0 fully saturated rings. The Morgan fingerprint density at radius 3 is 2.65 bits per heavy atom. The lowest BCUT2D eigenvalue weighted by molar-refractivity contribution is 0.0686. The third kappa shape index (κ3) is 2.89. The fourth-order valence-electron chi connectivity index (χ4n) is 1.70. The molecule has 0 atom stereocenters. The number of hydrogen-bond acceptors (Lipinski definition) is 4. The Bertz CT molecular complexity index is 744. The van der Waals surface area contributed by atoms with Crippen molar-refractivity contribution in [2.24, 2.45) is 14.1 Å². The lowest BCUT2D eigenvalue weighted by Gasteiger charge is -2.02. The van der Waals surface area contributed by atoms with Crippen LogP contribution in [0.5, 0.6) is 0 Å². The second kappa shape index (κ2) is 5.10. The van der Waals surface area contributed by atoms with E-state index in [0.29, 0.717) is 5.69 Å². The molecule has 0 spiro atoms. The van der Waals surface area contributed by atoms with Crippen LogP contribution < -0.4 is 4.72 Å². The topological polar surface area (TPSA) is 106 Å². The van der Waals surface area contributed by atoms with Crippen LogP contribution in [0.4, 0.5) is 0 Å². The summed E-state index contributed by atoms with van der Waals surface area (Å²) < 4.78 is 29.3.